The van der Waals surface area contributed by atoms with Crippen molar-refractivity contribution in [2.24, 2.45) is 10.8 Å². The molecule has 1 aromatic carbocycles. The highest BCUT2D eigenvalue weighted by atomic mass is 16.5. The van der Waals surface area contributed by atoms with E-state index in [-0.39, 0.29) is 6.04 Å². The number of nitrogens with two attached hydrogens (primary N) is 1. The van der Waals surface area contributed by atoms with Gasteiger partial charge in [0.1, 0.15) is 0 Å². The second-order valence-electron chi connectivity index (χ2n) is 5.13. The van der Waals surface area contributed by atoms with Crippen molar-refractivity contribution >= 4 is 12.5 Å². The van der Waals surface area contributed by atoms with Gasteiger partial charge in [-0.1, -0.05) is 22.8 Å². The van der Waals surface area contributed by atoms with Crippen molar-refractivity contribution in [2.45, 2.75) is 45.8 Å². The molecule has 18 heavy (non-hydrogen) atoms. The lowest BCUT2D eigenvalue weighted by Gasteiger charge is -2.10. The van der Waals surface area contributed by atoms with Gasteiger partial charge in [-0.05, 0) is 49.7 Å². The third kappa shape index (κ3) is 2.79. The lowest BCUT2D eigenvalue weighted by atomic mass is 9.73. The normalized spacial score (nSPS) is 15.6. The standard InChI is InChI=1S/C13H19BN2O2/c1-9-6-11(5-3-4-10(2)15)12-8-18-14(16-17)13(12)7-9/h6-7,10H,3-5,8,15H2,1-2H3. The van der Waals surface area contributed by atoms with Crippen LogP contribution in [0.3, 0.4) is 0 Å². The molecular weight excluding hydrogens is 227 g/mol. The monoisotopic (exact) mass is 246 g/mol. The number of fused-ring (bicyclic) bond motifs is 1. The van der Waals surface area contributed by atoms with E-state index in [4.69, 9.17) is 10.4 Å². The van der Waals surface area contributed by atoms with Crippen molar-refractivity contribution in [3.05, 3.63) is 33.7 Å². The van der Waals surface area contributed by atoms with Crippen LogP contribution in [0.15, 0.2) is 17.2 Å². The molecule has 1 aromatic rings. The Bertz CT molecular complexity index is 449. The van der Waals surface area contributed by atoms with Gasteiger partial charge >= 0.3 is 7.05 Å². The molecule has 0 aliphatic carbocycles. The molecule has 0 fully saturated rings. The van der Waals surface area contributed by atoms with Crippen LogP contribution < -0.4 is 11.2 Å². The van der Waals surface area contributed by atoms with Gasteiger partial charge in [-0.3, -0.25) is 0 Å². The number of benzene rings is 1. The summed E-state index contributed by atoms with van der Waals surface area (Å²) in [5, 5.41) is 3.03. The van der Waals surface area contributed by atoms with Crippen molar-refractivity contribution in [2.75, 3.05) is 0 Å². The second kappa shape index (κ2) is 5.63. The summed E-state index contributed by atoms with van der Waals surface area (Å²) in [6, 6.07) is 4.42. The topological polar surface area (TPSA) is 64.7 Å². The number of hydrogen-bond acceptors (Lipinski definition) is 4. The number of hydrogen-bond donors (Lipinski definition) is 1. The van der Waals surface area contributed by atoms with Crippen LogP contribution in [0.2, 0.25) is 0 Å². The first-order chi connectivity index (χ1) is 8.61. The third-order valence-electron chi connectivity index (χ3n) is 3.37. The van der Waals surface area contributed by atoms with Crippen LogP contribution in [0.4, 0.5) is 0 Å². The Morgan fingerprint density at radius 2 is 2.33 bits per heavy atom. The molecule has 0 saturated heterocycles. The lowest BCUT2D eigenvalue weighted by Crippen LogP contribution is -2.26. The molecule has 0 amide bonds. The van der Waals surface area contributed by atoms with Gasteiger partial charge in [-0.25, -0.2) is 0 Å². The molecule has 0 bridgehead atoms. The lowest BCUT2D eigenvalue weighted by molar-refractivity contribution is 0.329. The SMILES string of the molecule is Cc1cc(CCCC(C)N)c2c(c1)B(N=O)OC2. The average molecular weight is 246 g/mol. The zero-order valence-corrected chi connectivity index (χ0v) is 11.0. The molecule has 2 rings (SSSR count). The summed E-state index contributed by atoms with van der Waals surface area (Å²) < 4.78 is 5.39. The highest BCUT2D eigenvalue weighted by Gasteiger charge is 2.32. The van der Waals surface area contributed by atoms with E-state index < -0.39 is 7.05 Å². The maximum absolute atomic E-state index is 10.7. The summed E-state index contributed by atoms with van der Waals surface area (Å²) in [5.41, 5.74) is 10.3. The molecule has 0 saturated carbocycles. The first-order valence-electron chi connectivity index (χ1n) is 6.43. The molecule has 0 spiro atoms. The fourth-order valence-corrected chi connectivity index (χ4v) is 2.49. The largest absolute Gasteiger partial charge is 0.520 e. The Labute approximate surface area is 108 Å². The predicted molar refractivity (Wildman–Crippen MR) is 73.7 cm³/mol. The summed E-state index contributed by atoms with van der Waals surface area (Å²) in [5.74, 6) is 0. The van der Waals surface area contributed by atoms with Crippen LogP contribution in [-0.2, 0) is 17.7 Å². The Morgan fingerprint density at radius 3 is 3.00 bits per heavy atom. The molecule has 0 aromatic heterocycles. The molecule has 1 unspecified atom stereocenters. The van der Waals surface area contributed by atoms with Crippen LogP contribution >= 0.6 is 0 Å². The number of nitrogens with zero attached hydrogens (tertiary/aromatic N) is 1. The van der Waals surface area contributed by atoms with Crippen molar-refractivity contribution in [1.82, 2.24) is 0 Å². The number of nitroso groups, excluding NO2 is 1. The molecule has 5 heteroatoms. The van der Waals surface area contributed by atoms with E-state index in [0.717, 1.165) is 35.9 Å². The number of rotatable bonds is 5. The van der Waals surface area contributed by atoms with Crippen molar-refractivity contribution < 1.29 is 4.65 Å². The highest BCUT2D eigenvalue weighted by molar-refractivity contribution is 6.67. The Kier molecular flexibility index (Phi) is 4.14. The van der Waals surface area contributed by atoms with Gasteiger partial charge in [0.2, 0.25) is 0 Å². The van der Waals surface area contributed by atoms with E-state index in [1.807, 2.05) is 19.9 Å². The summed E-state index contributed by atoms with van der Waals surface area (Å²) in [4.78, 5) is 10.7. The summed E-state index contributed by atoms with van der Waals surface area (Å²) in [7, 11) is -0.618. The summed E-state index contributed by atoms with van der Waals surface area (Å²) >= 11 is 0. The third-order valence-corrected chi connectivity index (χ3v) is 3.37. The van der Waals surface area contributed by atoms with E-state index in [9.17, 15) is 4.91 Å². The zero-order valence-electron chi connectivity index (χ0n) is 11.0. The van der Waals surface area contributed by atoms with E-state index >= 15 is 0 Å². The Morgan fingerprint density at radius 1 is 1.56 bits per heavy atom. The Hall–Kier alpha value is -1.20. The van der Waals surface area contributed by atoms with Crippen LogP contribution in [0.25, 0.3) is 0 Å². The summed E-state index contributed by atoms with van der Waals surface area (Å²) in [6.07, 6.45) is 3.06. The molecule has 1 heterocycles. The zero-order chi connectivity index (χ0) is 13.1. The second-order valence-corrected chi connectivity index (χ2v) is 5.13. The van der Waals surface area contributed by atoms with Crippen molar-refractivity contribution in [1.29, 1.82) is 0 Å². The Balaban J connectivity index is 2.18. The maximum atomic E-state index is 10.7. The molecule has 2 N–H and O–H groups in total. The molecule has 1 aliphatic rings. The van der Waals surface area contributed by atoms with Gasteiger partial charge in [0.15, 0.2) is 0 Å². The van der Waals surface area contributed by atoms with Crippen LogP contribution in [-0.4, -0.2) is 13.1 Å². The van der Waals surface area contributed by atoms with Crippen LogP contribution in [0.5, 0.6) is 0 Å². The van der Waals surface area contributed by atoms with Crippen LogP contribution in [0, 0.1) is 11.8 Å². The fourth-order valence-electron chi connectivity index (χ4n) is 2.49. The minimum Gasteiger partial charge on any atom is -0.405 e. The molecular formula is C13H19BN2O2. The fraction of sp³-hybridized carbons (Fsp3) is 0.538. The van der Waals surface area contributed by atoms with Gasteiger partial charge in [0.25, 0.3) is 0 Å². The molecule has 1 aliphatic heterocycles. The average Bonchev–Trinajstić information content (AvgIpc) is 2.71. The van der Waals surface area contributed by atoms with Gasteiger partial charge in [0.05, 0.1) is 6.61 Å². The number of aryl methyl sites for hydroxylation is 2. The molecule has 1 atom stereocenters. The quantitative estimate of drug-likeness (QED) is 0.634. The van der Waals surface area contributed by atoms with E-state index in [0.29, 0.717) is 6.61 Å². The highest BCUT2D eigenvalue weighted by Crippen LogP contribution is 2.20. The molecule has 4 nitrogen and oxygen atoms in total. The van der Waals surface area contributed by atoms with Gasteiger partial charge < -0.3 is 10.4 Å². The minimum atomic E-state index is -0.618. The van der Waals surface area contributed by atoms with Crippen molar-refractivity contribution in [3.63, 3.8) is 0 Å². The molecule has 0 radical (unpaired) electrons. The van der Waals surface area contributed by atoms with E-state index in [1.54, 1.807) is 0 Å². The van der Waals surface area contributed by atoms with E-state index in [2.05, 4.69) is 11.2 Å². The maximum Gasteiger partial charge on any atom is 0.520 e. The van der Waals surface area contributed by atoms with Gasteiger partial charge in [0, 0.05) is 6.04 Å². The first kappa shape index (κ1) is 13.2. The van der Waals surface area contributed by atoms with Crippen molar-refractivity contribution in [3.8, 4) is 0 Å². The predicted octanol–water partition coefficient (Wildman–Crippen LogP) is 1.66. The van der Waals surface area contributed by atoms with Gasteiger partial charge in [-0.2, -0.15) is 4.91 Å². The summed E-state index contributed by atoms with van der Waals surface area (Å²) in [6.45, 7) is 4.56. The van der Waals surface area contributed by atoms with E-state index in [1.165, 1.54) is 5.56 Å². The first-order valence-corrected chi connectivity index (χ1v) is 6.43. The van der Waals surface area contributed by atoms with Crippen LogP contribution in [0.1, 0.15) is 36.5 Å². The molecule has 96 valence electrons. The van der Waals surface area contributed by atoms with Gasteiger partial charge in [-0.15, -0.1) is 0 Å². The smallest absolute Gasteiger partial charge is 0.405 e. The minimum absolute atomic E-state index is 0.239.